The van der Waals surface area contributed by atoms with Crippen molar-refractivity contribution in [2.75, 3.05) is 0 Å². The second kappa shape index (κ2) is 2.60. The maximum Gasteiger partial charge on any atom is 0.142 e. The van der Waals surface area contributed by atoms with Crippen molar-refractivity contribution in [3.05, 3.63) is 11.8 Å². The van der Waals surface area contributed by atoms with E-state index in [0.717, 1.165) is 0 Å². The molecule has 0 aromatic carbocycles. The molecule has 0 saturated carbocycles. The molecule has 0 bridgehead atoms. The minimum absolute atomic E-state index is 0.306. The average Bonchev–Trinajstić information content (AvgIpc) is 1.65. The second-order valence-electron chi connectivity index (χ2n) is 1.23. The van der Waals surface area contributed by atoms with Gasteiger partial charge in [0.05, 0.1) is 0 Å². The molecule has 0 aromatic heterocycles. The minimum atomic E-state index is -0.995. The summed E-state index contributed by atoms with van der Waals surface area (Å²) in [6.07, 6.45) is 0.565. The van der Waals surface area contributed by atoms with Gasteiger partial charge in [-0.3, -0.25) is 0 Å². The zero-order chi connectivity index (χ0) is 5.86. The molecule has 0 heterocycles. The Balaban J connectivity index is 3.56. The quantitative estimate of drug-likeness (QED) is 0.377. The molecular formula is C4H10N2O. The highest BCUT2D eigenvalue weighted by molar-refractivity contribution is 4.97. The molecule has 0 aliphatic heterocycles. The number of aliphatic hydroxyl groups is 1. The van der Waals surface area contributed by atoms with Crippen LogP contribution in [-0.2, 0) is 0 Å². The third kappa shape index (κ3) is 2.19. The molecule has 0 fully saturated rings. The van der Waals surface area contributed by atoms with Gasteiger partial charge in [-0.1, -0.05) is 6.08 Å². The maximum atomic E-state index is 8.41. The number of aliphatic hydroxyl groups excluding tert-OH is 1. The van der Waals surface area contributed by atoms with Crippen LogP contribution in [0.2, 0.25) is 0 Å². The van der Waals surface area contributed by atoms with Crippen molar-refractivity contribution in [2.24, 2.45) is 11.5 Å². The Kier molecular flexibility index (Phi) is 2.40. The molecular weight excluding hydrogens is 92.1 g/mol. The maximum absolute atomic E-state index is 8.41. The van der Waals surface area contributed by atoms with E-state index in [1.165, 1.54) is 0 Å². The normalized spacial score (nSPS) is 16.7. The molecule has 3 nitrogen and oxygen atoms in total. The molecule has 1 atom stereocenters. The van der Waals surface area contributed by atoms with Crippen LogP contribution in [0.25, 0.3) is 0 Å². The minimum Gasteiger partial charge on any atom is -0.399 e. The van der Waals surface area contributed by atoms with E-state index < -0.39 is 6.23 Å². The van der Waals surface area contributed by atoms with Crippen molar-refractivity contribution in [2.45, 2.75) is 13.2 Å². The molecule has 1 unspecified atom stereocenters. The van der Waals surface area contributed by atoms with Crippen molar-refractivity contribution in [3.63, 3.8) is 0 Å². The highest BCUT2D eigenvalue weighted by Crippen LogP contribution is 1.82. The lowest BCUT2D eigenvalue weighted by atomic mass is 10.4. The first-order valence-corrected chi connectivity index (χ1v) is 2.03. The monoisotopic (exact) mass is 102 g/mol. The van der Waals surface area contributed by atoms with Gasteiger partial charge in [-0.2, -0.15) is 0 Å². The van der Waals surface area contributed by atoms with Crippen LogP contribution in [0, 0.1) is 0 Å². The van der Waals surface area contributed by atoms with Crippen LogP contribution in [0.15, 0.2) is 11.8 Å². The van der Waals surface area contributed by atoms with Crippen LogP contribution in [0.5, 0.6) is 0 Å². The lowest BCUT2D eigenvalue weighted by Gasteiger charge is -2.00. The standard InChI is InChI=1S/C4H10N2O/c1-2-3(5)4(6)7/h2,4,7H,5-6H2,1H3. The number of allylic oxidation sites excluding steroid dienone is 1. The zero-order valence-electron chi connectivity index (χ0n) is 4.26. The van der Waals surface area contributed by atoms with Crippen LogP contribution >= 0.6 is 0 Å². The lowest BCUT2D eigenvalue weighted by molar-refractivity contribution is 0.217. The number of hydrogen-bond donors (Lipinski definition) is 3. The molecule has 5 N–H and O–H groups in total. The molecule has 0 aromatic rings. The summed E-state index contributed by atoms with van der Waals surface area (Å²) in [5.41, 5.74) is 10.3. The Morgan fingerprint density at radius 2 is 2.29 bits per heavy atom. The Hall–Kier alpha value is -0.540. The third-order valence-electron chi connectivity index (χ3n) is 0.675. The Morgan fingerprint density at radius 1 is 1.86 bits per heavy atom. The largest absolute Gasteiger partial charge is 0.399 e. The summed E-state index contributed by atoms with van der Waals surface area (Å²) in [6, 6.07) is 0. The Bertz CT molecular complexity index is 77.8. The predicted octanol–water partition coefficient (Wildman–Crippen LogP) is -0.874. The van der Waals surface area contributed by atoms with E-state index in [2.05, 4.69) is 0 Å². The van der Waals surface area contributed by atoms with Crippen LogP contribution in [0.4, 0.5) is 0 Å². The highest BCUT2D eigenvalue weighted by Gasteiger charge is 1.93. The van der Waals surface area contributed by atoms with Gasteiger partial charge in [0.15, 0.2) is 0 Å². The van der Waals surface area contributed by atoms with Gasteiger partial charge in [-0.25, -0.2) is 0 Å². The van der Waals surface area contributed by atoms with E-state index >= 15 is 0 Å². The van der Waals surface area contributed by atoms with E-state index in [0.29, 0.717) is 5.70 Å². The van der Waals surface area contributed by atoms with E-state index in [1.807, 2.05) is 0 Å². The summed E-state index contributed by atoms with van der Waals surface area (Å²) in [5, 5.41) is 8.41. The summed E-state index contributed by atoms with van der Waals surface area (Å²) in [7, 11) is 0. The van der Waals surface area contributed by atoms with Crippen molar-refractivity contribution < 1.29 is 5.11 Å². The zero-order valence-corrected chi connectivity index (χ0v) is 4.26. The first-order chi connectivity index (χ1) is 3.18. The van der Waals surface area contributed by atoms with Crippen LogP contribution in [-0.4, -0.2) is 11.3 Å². The molecule has 42 valence electrons. The SMILES string of the molecule is CC=C(N)C(N)O. The summed E-state index contributed by atoms with van der Waals surface area (Å²) in [5.74, 6) is 0. The van der Waals surface area contributed by atoms with Gasteiger partial charge in [0.25, 0.3) is 0 Å². The van der Waals surface area contributed by atoms with Crippen LogP contribution in [0.1, 0.15) is 6.92 Å². The molecule has 0 rings (SSSR count). The number of rotatable bonds is 1. The lowest BCUT2D eigenvalue weighted by Crippen LogP contribution is -2.26. The first kappa shape index (κ1) is 6.46. The van der Waals surface area contributed by atoms with Crippen molar-refractivity contribution in [1.82, 2.24) is 0 Å². The van der Waals surface area contributed by atoms with Crippen LogP contribution in [0.3, 0.4) is 0 Å². The first-order valence-electron chi connectivity index (χ1n) is 2.03. The van der Waals surface area contributed by atoms with Gasteiger partial charge >= 0.3 is 0 Å². The third-order valence-corrected chi connectivity index (χ3v) is 0.675. The van der Waals surface area contributed by atoms with Crippen molar-refractivity contribution in [3.8, 4) is 0 Å². The molecule has 0 aliphatic rings. The molecule has 0 amide bonds. The summed E-state index contributed by atoms with van der Waals surface area (Å²) >= 11 is 0. The smallest absolute Gasteiger partial charge is 0.142 e. The van der Waals surface area contributed by atoms with Crippen LogP contribution < -0.4 is 11.5 Å². The molecule has 0 spiro atoms. The fraction of sp³-hybridized carbons (Fsp3) is 0.500. The van der Waals surface area contributed by atoms with Gasteiger partial charge in [0, 0.05) is 5.70 Å². The van der Waals surface area contributed by atoms with Crippen molar-refractivity contribution >= 4 is 0 Å². The predicted molar refractivity (Wildman–Crippen MR) is 28.1 cm³/mol. The molecule has 7 heavy (non-hydrogen) atoms. The molecule has 0 aliphatic carbocycles. The van der Waals surface area contributed by atoms with Gasteiger partial charge < -0.3 is 16.6 Å². The van der Waals surface area contributed by atoms with E-state index in [9.17, 15) is 0 Å². The summed E-state index contributed by atoms with van der Waals surface area (Å²) in [6.45, 7) is 1.71. The molecule has 0 saturated heterocycles. The number of hydrogen-bond acceptors (Lipinski definition) is 3. The molecule has 3 heteroatoms. The Morgan fingerprint density at radius 3 is 2.29 bits per heavy atom. The fourth-order valence-corrected chi connectivity index (χ4v) is 0.171. The van der Waals surface area contributed by atoms with Crippen molar-refractivity contribution in [1.29, 1.82) is 0 Å². The second-order valence-corrected chi connectivity index (χ2v) is 1.23. The number of nitrogens with two attached hydrogens (primary N) is 2. The van der Waals surface area contributed by atoms with E-state index in [-0.39, 0.29) is 0 Å². The fourth-order valence-electron chi connectivity index (χ4n) is 0.171. The Labute approximate surface area is 42.6 Å². The van der Waals surface area contributed by atoms with E-state index in [4.69, 9.17) is 16.6 Å². The summed E-state index contributed by atoms with van der Waals surface area (Å²) < 4.78 is 0. The van der Waals surface area contributed by atoms with E-state index in [1.54, 1.807) is 13.0 Å². The van der Waals surface area contributed by atoms with Gasteiger partial charge in [0.1, 0.15) is 6.23 Å². The highest BCUT2D eigenvalue weighted by atomic mass is 16.3. The van der Waals surface area contributed by atoms with Gasteiger partial charge in [-0.15, -0.1) is 0 Å². The average molecular weight is 102 g/mol. The molecule has 0 radical (unpaired) electrons. The van der Waals surface area contributed by atoms with Gasteiger partial charge in [0.2, 0.25) is 0 Å². The topological polar surface area (TPSA) is 72.3 Å². The summed E-state index contributed by atoms with van der Waals surface area (Å²) in [4.78, 5) is 0. The van der Waals surface area contributed by atoms with Gasteiger partial charge in [-0.05, 0) is 6.92 Å².